The largest absolute Gasteiger partial charge is 0.496 e. The lowest BCUT2D eigenvalue weighted by molar-refractivity contribution is -0.140. The van der Waals surface area contributed by atoms with Crippen molar-refractivity contribution in [3.05, 3.63) is 69.5 Å². The first-order chi connectivity index (χ1) is 15.3. The lowest BCUT2D eigenvalue weighted by Gasteiger charge is -2.31. The molecule has 0 saturated heterocycles. The fourth-order valence-corrected chi connectivity index (χ4v) is 3.83. The van der Waals surface area contributed by atoms with Gasteiger partial charge < -0.3 is 14.2 Å². The van der Waals surface area contributed by atoms with Crippen LogP contribution in [0.3, 0.4) is 0 Å². The highest BCUT2D eigenvalue weighted by atomic mass is 35.5. The van der Waals surface area contributed by atoms with Crippen molar-refractivity contribution in [2.24, 2.45) is 5.84 Å². The number of nitrogens with two attached hydrogens (primary N) is 1. The summed E-state index contributed by atoms with van der Waals surface area (Å²) in [6.45, 7) is 2.07. The molecule has 0 radical (unpaired) electrons. The number of alkyl halides is 1. The van der Waals surface area contributed by atoms with Crippen molar-refractivity contribution in [2.45, 2.75) is 26.1 Å². The molecular formula is C23H23Cl2FN2O4. The zero-order valence-corrected chi connectivity index (χ0v) is 19.3. The highest BCUT2D eigenvalue weighted by Gasteiger charge is 2.35. The van der Waals surface area contributed by atoms with Gasteiger partial charge in [-0.2, -0.15) is 0 Å². The van der Waals surface area contributed by atoms with Crippen LogP contribution in [0.5, 0.6) is 11.5 Å². The van der Waals surface area contributed by atoms with Crippen LogP contribution in [0.15, 0.2) is 64.0 Å². The van der Waals surface area contributed by atoms with E-state index in [1.54, 1.807) is 25.3 Å². The number of esters is 1. The molecule has 2 aromatic rings. The lowest BCUT2D eigenvalue weighted by atomic mass is 10.0. The Bertz CT molecular complexity index is 1090. The normalized spacial score (nSPS) is 16.3. The smallest absolute Gasteiger partial charge is 0.311 e. The summed E-state index contributed by atoms with van der Waals surface area (Å²) in [6.07, 6.45) is -1.40. The summed E-state index contributed by atoms with van der Waals surface area (Å²) in [7, 11) is 2.78. The third-order valence-electron chi connectivity index (χ3n) is 5.01. The van der Waals surface area contributed by atoms with Gasteiger partial charge in [0, 0.05) is 5.56 Å². The van der Waals surface area contributed by atoms with Crippen LogP contribution in [-0.2, 0) is 16.0 Å². The van der Waals surface area contributed by atoms with Gasteiger partial charge in [0.15, 0.2) is 5.76 Å². The Labute approximate surface area is 195 Å². The van der Waals surface area contributed by atoms with Crippen LogP contribution in [0.4, 0.5) is 4.39 Å². The molecule has 170 valence electrons. The Morgan fingerprint density at radius 3 is 2.59 bits per heavy atom. The van der Waals surface area contributed by atoms with Crippen LogP contribution in [0.2, 0.25) is 0 Å². The topological polar surface area (TPSA) is 74.0 Å². The molecule has 1 aliphatic heterocycles. The van der Waals surface area contributed by atoms with E-state index in [1.165, 1.54) is 7.11 Å². The molecule has 1 unspecified atom stereocenters. The Morgan fingerprint density at radius 1 is 1.19 bits per heavy atom. The molecule has 0 saturated carbocycles. The molecule has 2 N–H and O–H groups in total. The first-order valence-corrected chi connectivity index (χ1v) is 10.5. The molecule has 9 heteroatoms. The number of hydrogen-bond acceptors (Lipinski definition) is 6. The molecule has 0 fully saturated rings. The molecular weight excluding hydrogens is 458 g/mol. The zero-order chi connectivity index (χ0) is 23.4. The van der Waals surface area contributed by atoms with E-state index in [-0.39, 0.29) is 27.9 Å². The van der Waals surface area contributed by atoms with Crippen molar-refractivity contribution in [3.63, 3.8) is 0 Å². The van der Waals surface area contributed by atoms with Crippen molar-refractivity contribution in [1.29, 1.82) is 0 Å². The summed E-state index contributed by atoms with van der Waals surface area (Å²) >= 11 is 12.6. The maximum absolute atomic E-state index is 14.7. The molecule has 0 spiro atoms. The van der Waals surface area contributed by atoms with E-state index in [4.69, 9.17) is 38.5 Å². The van der Waals surface area contributed by atoms with Crippen LogP contribution in [0.25, 0.3) is 11.1 Å². The minimum absolute atomic E-state index is 0.00482. The SMILES string of the molecule is CCc1cccc(-c2cc(OC3=C(Cl)C(F)N(N)C(CC(=O)OC)=C3Cl)ccc2OC)c1. The van der Waals surface area contributed by atoms with Crippen LogP contribution >= 0.6 is 23.2 Å². The summed E-state index contributed by atoms with van der Waals surface area (Å²) in [5.41, 5.74) is 2.87. The number of methoxy groups -OCH3 is 2. The van der Waals surface area contributed by atoms with E-state index in [2.05, 4.69) is 17.7 Å². The number of aryl methyl sites for hydroxylation is 1. The molecule has 1 atom stereocenters. The maximum atomic E-state index is 14.7. The lowest BCUT2D eigenvalue weighted by Crippen LogP contribution is -2.42. The maximum Gasteiger partial charge on any atom is 0.311 e. The third-order valence-corrected chi connectivity index (χ3v) is 5.75. The van der Waals surface area contributed by atoms with Gasteiger partial charge in [0.1, 0.15) is 21.6 Å². The number of carbonyl (C=O) groups excluding carboxylic acids is 1. The zero-order valence-electron chi connectivity index (χ0n) is 17.8. The second kappa shape index (κ2) is 10.3. The summed E-state index contributed by atoms with van der Waals surface area (Å²) in [4.78, 5) is 11.7. The number of carbonyl (C=O) groups is 1. The van der Waals surface area contributed by atoms with Gasteiger partial charge in [0.05, 0.1) is 26.3 Å². The molecule has 6 nitrogen and oxygen atoms in total. The second-order valence-electron chi connectivity index (χ2n) is 6.95. The monoisotopic (exact) mass is 480 g/mol. The fourth-order valence-electron chi connectivity index (χ4n) is 3.24. The number of benzene rings is 2. The van der Waals surface area contributed by atoms with Gasteiger partial charge in [-0.15, -0.1) is 0 Å². The van der Waals surface area contributed by atoms with E-state index in [0.717, 1.165) is 23.1 Å². The third kappa shape index (κ3) is 4.85. The van der Waals surface area contributed by atoms with Crippen molar-refractivity contribution >= 4 is 29.2 Å². The van der Waals surface area contributed by atoms with E-state index in [0.29, 0.717) is 16.5 Å². The van der Waals surface area contributed by atoms with Gasteiger partial charge >= 0.3 is 5.97 Å². The van der Waals surface area contributed by atoms with Gasteiger partial charge in [-0.3, -0.25) is 9.80 Å². The number of ether oxygens (including phenoxy) is 3. The minimum Gasteiger partial charge on any atom is -0.496 e. The van der Waals surface area contributed by atoms with Gasteiger partial charge in [-0.25, -0.2) is 10.2 Å². The van der Waals surface area contributed by atoms with E-state index < -0.39 is 12.3 Å². The molecule has 0 bridgehead atoms. The highest BCUT2D eigenvalue weighted by molar-refractivity contribution is 6.36. The second-order valence-corrected chi connectivity index (χ2v) is 7.74. The molecule has 1 aliphatic rings. The number of nitrogens with zero attached hydrogens (tertiary/aromatic N) is 1. The molecule has 1 heterocycles. The number of hydrogen-bond donors (Lipinski definition) is 1. The highest BCUT2D eigenvalue weighted by Crippen LogP contribution is 2.40. The van der Waals surface area contributed by atoms with Crippen molar-refractivity contribution in [2.75, 3.05) is 14.2 Å². The minimum atomic E-state index is -1.94. The van der Waals surface area contributed by atoms with Gasteiger partial charge in [0.25, 0.3) is 0 Å². The molecule has 0 aromatic heterocycles. The van der Waals surface area contributed by atoms with Gasteiger partial charge in [0.2, 0.25) is 6.30 Å². The van der Waals surface area contributed by atoms with Crippen molar-refractivity contribution < 1.29 is 23.4 Å². The van der Waals surface area contributed by atoms with E-state index >= 15 is 0 Å². The average molecular weight is 481 g/mol. The summed E-state index contributed by atoms with van der Waals surface area (Å²) in [6, 6.07) is 13.1. The summed E-state index contributed by atoms with van der Waals surface area (Å²) < 4.78 is 30.7. The molecule has 0 amide bonds. The van der Waals surface area contributed by atoms with Crippen LogP contribution in [0.1, 0.15) is 18.9 Å². The standard InChI is InChI=1S/C23H23Cl2FN2O4/c1-4-13-6-5-7-14(10-13)16-11-15(8-9-18(16)30-2)32-22-20(24)17(12-19(29)31-3)28(27)23(26)21(22)25/h5-11,23H,4,12,27H2,1-3H3. The Kier molecular flexibility index (Phi) is 7.66. The molecule has 0 aliphatic carbocycles. The predicted molar refractivity (Wildman–Crippen MR) is 122 cm³/mol. The molecule has 3 rings (SSSR count). The summed E-state index contributed by atoms with van der Waals surface area (Å²) in [5.74, 6) is 5.97. The first-order valence-electron chi connectivity index (χ1n) is 9.79. The van der Waals surface area contributed by atoms with Crippen LogP contribution < -0.4 is 15.3 Å². The molecule has 2 aromatic carbocycles. The fraction of sp³-hybridized carbons (Fsp3) is 0.261. The number of rotatable bonds is 7. The van der Waals surface area contributed by atoms with Crippen LogP contribution in [-0.4, -0.2) is 31.5 Å². The molecule has 32 heavy (non-hydrogen) atoms. The predicted octanol–water partition coefficient (Wildman–Crippen LogP) is 5.25. The van der Waals surface area contributed by atoms with Crippen molar-refractivity contribution in [1.82, 2.24) is 5.01 Å². The first kappa shape index (κ1) is 23.9. The summed E-state index contributed by atoms with van der Waals surface area (Å²) in [5, 5.41) is 0.267. The Balaban J connectivity index is 2.02. The quantitative estimate of drug-likeness (QED) is 0.331. The van der Waals surface area contributed by atoms with E-state index in [1.807, 2.05) is 18.2 Å². The number of allylic oxidation sites excluding steroid dienone is 1. The number of hydrazine groups is 1. The van der Waals surface area contributed by atoms with E-state index in [9.17, 15) is 9.18 Å². The Morgan fingerprint density at radius 2 is 1.94 bits per heavy atom. The Hall–Kier alpha value is -2.74. The van der Waals surface area contributed by atoms with Gasteiger partial charge in [-0.05, 0) is 35.7 Å². The van der Waals surface area contributed by atoms with Crippen molar-refractivity contribution in [3.8, 4) is 22.6 Å². The van der Waals surface area contributed by atoms with Gasteiger partial charge in [-0.1, -0.05) is 54.4 Å². The van der Waals surface area contributed by atoms with Crippen LogP contribution in [0, 0.1) is 0 Å². The number of halogens is 3. The average Bonchev–Trinajstić information content (AvgIpc) is 2.82.